The number of rotatable bonds is 4. The maximum atomic E-state index is 13.6. The summed E-state index contributed by atoms with van der Waals surface area (Å²) in [6, 6.07) is 3.14. The first kappa shape index (κ1) is 15.8. The lowest BCUT2D eigenvalue weighted by Crippen LogP contribution is -2.27. The smallest absolute Gasteiger partial charge is 0.191 e. The molecule has 3 rings (SSSR count). The molecule has 1 N–H and O–H groups in total. The molecule has 0 bridgehead atoms. The summed E-state index contributed by atoms with van der Waals surface area (Å²) in [6.45, 7) is 1.87. The number of aromatic nitrogens is 1. The van der Waals surface area contributed by atoms with E-state index in [0.29, 0.717) is 18.1 Å². The quantitative estimate of drug-likeness (QED) is 0.935. The van der Waals surface area contributed by atoms with Crippen LogP contribution >= 0.6 is 0 Å². The molecule has 6 heteroatoms. The second kappa shape index (κ2) is 7.00. The number of halogens is 3. The van der Waals surface area contributed by atoms with Gasteiger partial charge in [-0.3, -0.25) is 4.98 Å². The van der Waals surface area contributed by atoms with Gasteiger partial charge in [0, 0.05) is 30.1 Å². The number of piperidine rings is 1. The van der Waals surface area contributed by atoms with Crippen LogP contribution in [-0.2, 0) is 6.61 Å². The highest BCUT2D eigenvalue weighted by atomic mass is 19.1. The van der Waals surface area contributed by atoms with Crippen molar-refractivity contribution < 1.29 is 17.9 Å². The zero-order chi connectivity index (χ0) is 16.2. The standard InChI is InChI=1S/C17H17F3N2O/c18-13-7-15(19)17(16(20)8-13)23-10-12-9-22-6-3-14(12)11-1-4-21-5-2-11/h3,6-9,11,21H,1-2,4-5,10H2. The molecule has 1 saturated heterocycles. The molecule has 0 radical (unpaired) electrons. The van der Waals surface area contributed by atoms with E-state index in [-0.39, 0.29) is 6.61 Å². The van der Waals surface area contributed by atoms with E-state index >= 15 is 0 Å². The summed E-state index contributed by atoms with van der Waals surface area (Å²) in [5, 5.41) is 3.30. The fraction of sp³-hybridized carbons (Fsp3) is 0.353. The molecule has 0 atom stereocenters. The molecule has 0 aliphatic carbocycles. The Morgan fingerprint density at radius 3 is 2.52 bits per heavy atom. The van der Waals surface area contributed by atoms with Crippen molar-refractivity contribution in [3.8, 4) is 5.75 Å². The van der Waals surface area contributed by atoms with E-state index in [9.17, 15) is 13.2 Å². The van der Waals surface area contributed by atoms with Gasteiger partial charge in [-0.05, 0) is 43.5 Å². The molecule has 1 fully saturated rings. The van der Waals surface area contributed by atoms with Crippen molar-refractivity contribution in [3.63, 3.8) is 0 Å². The number of pyridine rings is 1. The maximum absolute atomic E-state index is 13.6. The number of hydrogen-bond donors (Lipinski definition) is 1. The molecule has 1 aromatic carbocycles. The van der Waals surface area contributed by atoms with E-state index in [4.69, 9.17) is 4.74 Å². The van der Waals surface area contributed by atoms with Crippen LogP contribution in [0.4, 0.5) is 13.2 Å². The van der Waals surface area contributed by atoms with Gasteiger partial charge in [0.1, 0.15) is 12.4 Å². The van der Waals surface area contributed by atoms with Gasteiger partial charge in [0.05, 0.1) is 0 Å². The van der Waals surface area contributed by atoms with Crippen LogP contribution in [0.2, 0.25) is 0 Å². The lowest BCUT2D eigenvalue weighted by molar-refractivity contribution is 0.270. The Labute approximate surface area is 132 Å². The van der Waals surface area contributed by atoms with Crippen molar-refractivity contribution in [3.05, 3.63) is 59.2 Å². The summed E-state index contributed by atoms with van der Waals surface area (Å²) >= 11 is 0. The Kier molecular flexibility index (Phi) is 4.81. The van der Waals surface area contributed by atoms with Crippen molar-refractivity contribution in [2.45, 2.75) is 25.4 Å². The molecular weight excluding hydrogens is 305 g/mol. The number of benzene rings is 1. The number of nitrogens with one attached hydrogen (secondary N) is 1. The molecular formula is C17H17F3N2O. The minimum absolute atomic E-state index is 0.00737. The highest BCUT2D eigenvalue weighted by Gasteiger charge is 2.19. The average Bonchev–Trinajstić information content (AvgIpc) is 2.55. The van der Waals surface area contributed by atoms with Gasteiger partial charge in [-0.15, -0.1) is 0 Å². The summed E-state index contributed by atoms with van der Waals surface area (Å²) in [5.41, 5.74) is 1.88. The van der Waals surface area contributed by atoms with Gasteiger partial charge in [-0.2, -0.15) is 0 Å². The fourth-order valence-electron chi connectivity index (χ4n) is 2.91. The van der Waals surface area contributed by atoms with Crippen LogP contribution in [0.25, 0.3) is 0 Å². The number of nitrogens with zero attached hydrogens (tertiary/aromatic N) is 1. The van der Waals surface area contributed by atoms with E-state index in [2.05, 4.69) is 10.3 Å². The zero-order valence-electron chi connectivity index (χ0n) is 12.5. The van der Waals surface area contributed by atoms with Gasteiger partial charge in [0.15, 0.2) is 17.4 Å². The first-order chi connectivity index (χ1) is 11.1. The zero-order valence-corrected chi connectivity index (χ0v) is 12.5. The summed E-state index contributed by atoms with van der Waals surface area (Å²) in [6.07, 6.45) is 5.35. The summed E-state index contributed by atoms with van der Waals surface area (Å²) < 4.78 is 45.5. The van der Waals surface area contributed by atoms with Gasteiger partial charge in [0.25, 0.3) is 0 Å². The molecule has 0 unspecified atom stereocenters. The van der Waals surface area contributed by atoms with Gasteiger partial charge >= 0.3 is 0 Å². The van der Waals surface area contributed by atoms with E-state index < -0.39 is 23.2 Å². The van der Waals surface area contributed by atoms with E-state index in [1.165, 1.54) is 0 Å². The SMILES string of the molecule is Fc1cc(F)c(OCc2cnccc2C2CCNCC2)c(F)c1. The first-order valence-electron chi connectivity index (χ1n) is 7.56. The third-order valence-corrected chi connectivity index (χ3v) is 4.06. The Morgan fingerprint density at radius 1 is 1.13 bits per heavy atom. The molecule has 0 saturated carbocycles. The molecule has 1 aromatic heterocycles. The average molecular weight is 322 g/mol. The molecule has 2 heterocycles. The second-order valence-corrected chi connectivity index (χ2v) is 5.59. The second-order valence-electron chi connectivity index (χ2n) is 5.59. The third-order valence-electron chi connectivity index (χ3n) is 4.06. The Morgan fingerprint density at radius 2 is 1.83 bits per heavy atom. The molecule has 0 spiro atoms. The summed E-state index contributed by atoms with van der Waals surface area (Å²) in [4.78, 5) is 4.07. The van der Waals surface area contributed by atoms with Crippen molar-refractivity contribution in [1.82, 2.24) is 10.3 Å². The molecule has 0 amide bonds. The predicted octanol–water partition coefficient (Wildman–Crippen LogP) is 3.54. The molecule has 1 aliphatic heterocycles. The van der Waals surface area contributed by atoms with E-state index in [1.54, 1.807) is 12.4 Å². The van der Waals surface area contributed by atoms with Crippen LogP contribution in [-0.4, -0.2) is 18.1 Å². The summed E-state index contributed by atoms with van der Waals surface area (Å²) in [5.74, 6) is -3.25. The Bertz CT molecular complexity index is 664. The number of hydrogen-bond acceptors (Lipinski definition) is 3. The normalized spacial score (nSPS) is 15.6. The van der Waals surface area contributed by atoms with Gasteiger partial charge < -0.3 is 10.1 Å². The Balaban J connectivity index is 1.79. The molecule has 122 valence electrons. The third kappa shape index (κ3) is 3.64. The Hall–Kier alpha value is -2.08. The van der Waals surface area contributed by atoms with Crippen molar-refractivity contribution in [2.24, 2.45) is 0 Å². The largest absolute Gasteiger partial charge is 0.483 e. The van der Waals surface area contributed by atoms with Gasteiger partial charge in [-0.1, -0.05) is 0 Å². The van der Waals surface area contributed by atoms with Crippen LogP contribution in [0.5, 0.6) is 5.75 Å². The number of ether oxygens (including phenoxy) is 1. The minimum Gasteiger partial charge on any atom is -0.483 e. The van der Waals surface area contributed by atoms with Crippen molar-refractivity contribution in [1.29, 1.82) is 0 Å². The monoisotopic (exact) mass is 322 g/mol. The summed E-state index contributed by atoms with van der Waals surface area (Å²) in [7, 11) is 0. The maximum Gasteiger partial charge on any atom is 0.191 e. The predicted molar refractivity (Wildman–Crippen MR) is 79.7 cm³/mol. The minimum atomic E-state index is -1.05. The van der Waals surface area contributed by atoms with Crippen LogP contribution in [0.15, 0.2) is 30.6 Å². The highest BCUT2D eigenvalue weighted by molar-refractivity contribution is 5.30. The van der Waals surface area contributed by atoms with Gasteiger partial charge in [-0.25, -0.2) is 13.2 Å². The highest BCUT2D eigenvalue weighted by Crippen LogP contribution is 2.29. The van der Waals surface area contributed by atoms with Gasteiger partial charge in [0.2, 0.25) is 0 Å². The van der Waals surface area contributed by atoms with Crippen LogP contribution in [0.3, 0.4) is 0 Å². The van der Waals surface area contributed by atoms with Crippen molar-refractivity contribution >= 4 is 0 Å². The van der Waals surface area contributed by atoms with Crippen LogP contribution < -0.4 is 10.1 Å². The molecule has 23 heavy (non-hydrogen) atoms. The molecule has 3 nitrogen and oxygen atoms in total. The lowest BCUT2D eigenvalue weighted by atomic mass is 9.88. The topological polar surface area (TPSA) is 34.1 Å². The van der Waals surface area contributed by atoms with Crippen molar-refractivity contribution in [2.75, 3.05) is 13.1 Å². The van der Waals surface area contributed by atoms with E-state index in [0.717, 1.165) is 37.1 Å². The van der Waals surface area contributed by atoms with E-state index in [1.807, 2.05) is 6.07 Å². The first-order valence-corrected chi connectivity index (χ1v) is 7.56. The lowest BCUT2D eigenvalue weighted by Gasteiger charge is -2.25. The molecule has 2 aromatic rings. The molecule has 1 aliphatic rings. The van der Waals surface area contributed by atoms with Crippen LogP contribution in [0, 0.1) is 17.5 Å². The fourth-order valence-corrected chi connectivity index (χ4v) is 2.91. The van der Waals surface area contributed by atoms with Crippen LogP contribution in [0.1, 0.15) is 29.9 Å².